The number of hydrogen-bond donors (Lipinski definition) is 2. The molecule has 140 valence electrons. The molecule has 0 saturated carbocycles. The Labute approximate surface area is 163 Å². The monoisotopic (exact) mass is 452 g/mol. The van der Waals surface area contributed by atoms with Crippen molar-refractivity contribution in [2.24, 2.45) is 10.9 Å². The molecule has 0 fully saturated rings. The van der Waals surface area contributed by atoms with Gasteiger partial charge in [-0.1, -0.05) is 32.9 Å². The number of nitrogens with one attached hydrogen (secondary N) is 2. The first-order chi connectivity index (χ1) is 11.1. The zero-order valence-corrected chi connectivity index (χ0v) is 18.0. The normalized spacial score (nSPS) is 11.5. The first-order valence-corrected chi connectivity index (χ1v) is 8.60. The summed E-state index contributed by atoms with van der Waals surface area (Å²) >= 11 is 0. The molecule has 1 aromatic rings. The highest BCUT2D eigenvalue weighted by atomic mass is 127. The topological polar surface area (TPSA) is 71.7 Å². The summed E-state index contributed by atoms with van der Waals surface area (Å²) < 4.78 is 11.0. The molecule has 1 heterocycles. The first-order valence-electron chi connectivity index (χ1n) is 8.60. The SMILES string of the molecule is CCc1noc(CC)c1CNC(=NC)NCCOCCC(C)C.I. The fourth-order valence-electron chi connectivity index (χ4n) is 2.19. The standard InChI is InChI=1S/C17H32N4O2.HI/c1-6-15-14(16(7-2)23-21-15)12-20-17(18-5)19-9-11-22-10-8-13(3)4;/h13H,6-12H2,1-5H3,(H2,18,19,20);1H. The van der Waals surface area contributed by atoms with E-state index >= 15 is 0 Å². The first kappa shape index (κ1) is 23.2. The van der Waals surface area contributed by atoms with Gasteiger partial charge < -0.3 is 19.9 Å². The number of aryl methyl sites for hydroxylation is 2. The Kier molecular flexibility index (Phi) is 13.0. The summed E-state index contributed by atoms with van der Waals surface area (Å²) in [6, 6.07) is 0. The highest BCUT2D eigenvalue weighted by Gasteiger charge is 2.13. The summed E-state index contributed by atoms with van der Waals surface area (Å²) in [6.07, 6.45) is 2.82. The van der Waals surface area contributed by atoms with Gasteiger partial charge in [-0.05, 0) is 18.8 Å². The van der Waals surface area contributed by atoms with Crippen LogP contribution in [0.4, 0.5) is 0 Å². The molecule has 0 aliphatic carbocycles. The van der Waals surface area contributed by atoms with Crippen molar-refractivity contribution in [2.75, 3.05) is 26.8 Å². The second-order valence-electron chi connectivity index (χ2n) is 5.89. The fourth-order valence-corrected chi connectivity index (χ4v) is 2.19. The van der Waals surface area contributed by atoms with E-state index in [2.05, 4.69) is 48.5 Å². The third kappa shape index (κ3) is 8.32. The second-order valence-corrected chi connectivity index (χ2v) is 5.89. The van der Waals surface area contributed by atoms with Crippen LogP contribution in [0.5, 0.6) is 0 Å². The molecule has 0 saturated heterocycles. The molecule has 2 N–H and O–H groups in total. The van der Waals surface area contributed by atoms with Gasteiger partial charge in [-0.2, -0.15) is 0 Å². The van der Waals surface area contributed by atoms with E-state index in [1.807, 2.05) is 0 Å². The lowest BCUT2D eigenvalue weighted by Gasteiger charge is -2.12. The van der Waals surface area contributed by atoms with Gasteiger partial charge in [0.05, 0.1) is 12.3 Å². The van der Waals surface area contributed by atoms with Crippen LogP contribution >= 0.6 is 24.0 Å². The molecule has 0 unspecified atom stereocenters. The van der Waals surface area contributed by atoms with Gasteiger partial charge in [0.2, 0.25) is 0 Å². The quantitative estimate of drug-likeness (QED) is 0.247. The Bertz CT molecular complexity index is 454. The zero-order chi connectivity index (χ0) is 17.1. The highest BCUT2D eigenvalue weighted by Crippen LogP contribution is 2.15. The number of hydrogen-bond acceptors (Lipinski definition) is 4. The van der Waals surface area contributed by atoms with Crippen molar-refractivity contribution in [1.29, 1.82) is 0 Å². The van der Waals surface area contributed by atoms with Gasteiger partial charge in [0.15, 0.2) is 5.96 Å². The molecule has 24 heavy (non-hydrogen) atoms. The van der Waals surface area contributed by atoms with E-state index < -0.39 is 0 Å². The molecule has 0 radical (unpaired) electrons. The number of nitrogens with zero attached hydrogens (tertiary/aromatic N) is 2. The molecule has 7 heteroatoms. The van der Waals surface area contributed by atoms with Crippen molar-refractivity contribution < 1.29 is 9.26 Å². The lowest BCUT2D eigenvalue weighted by atomic mass is 10.1. The number of halogens is 1. The number of guanidine groups is 1. The van der Waals surface area contributed by atoms with Crippen LogP contribution in [-0.2, 0) is 24.1 Å². The van der Waals surface area contributed by atoms with Crippen LogP contribution in [0.25, 0.3) is 0 Å². The summed E-state index contributed by atoms with van der Waals surface area (Å²) in [5.74, 6) is 2.39. The molecule has 0 aromatic carbocycles. The van der Waals surface area contributed by atoms with E-state index in [4.69, 9.17) is 9.26 Å². The fraction of sp³-hybridized carbons (Fsp3) is 0.765. The summed E-state index contributed by atoms with van der Waals surface area (Å²) in [6.45, 7) is 11.5. The van der Waals surface area contributed by atoms with Crippen molar-refractivity contribution in [3.05, 3.63) is 17.0 Å². The average Bonchev–Trinajstić information content (AvgIpc) is 2.95. The predicted molar refractivity (Wildman–Crippen MR) is 109 cm³/mol. The van der Waals surface area contributed by atoms with Crippen LogP contribution in [0.2, 0.25) is 0 Å². The van der Waals surface area contributed by atoms with Crippen LogP contribution in [0.1, 0.15) is 51.1 Å². The molecule has 1 rings (SSSR count). The van der Waals surface area contributed by atoms with Crippen LogP contribution in [0.15, 0.2) is 9.52 Å². The van der Waals surface area contributed by atoms with Gasteiger partial charge in [-0.25, -0.2) is 0 Å². The minimum atomic E-state index is 0. The number of aromatic nitrogens is 1. The molecule has 0 amide bonds. The Balaban J connectivity index is 0.00000529. The Hall–Kier alpha value is -0.830. The van der Waals surface area contributed by atoms with Gasteiger partial charge in [-0.15, -0.1) is 24.0 Å². The molecular formula is C17H33IN4O2. The lowest BCUT2D eigenvalue weighted by Crippen LogP contribution is -2.38. The van der Waals surface area contributed by atoms with Crippen molar-refractivity contribution in [1.82, 2.24) is 15.8 Å². The van der Waals surface area contributed by atoms with Crippen LogP contribution in [-0.4, -0.2) is 37.9 Å². The predicted octanol–water partition coefficient (Wildman–Crippen LogP) is 3.15. The maximum atomic E-state index is 5.59. The summed E-state index contributed by atoms with van der Waals surface area (Å²) in [5, 5.41) is 10.7. The maximum Gasteiger partial charge on any atom is 0.191 e. The molecule has 0 bridgehead atoms. The van der Waals surface area contributed by atoms with Crippen molar-refractivity contribution in [3.63, 3.8) is 0 Å². The molecule has 0 spiro atoms. The van der Waals surface area contributed by atoms with E-state index in [1.165, 1.54) is 0 Å². The molecule has 1 aromatic heterocycles. The maximum absolute atomic E-state index is 5.59. The van der Waals surface area contributed by atoms with E-state index in [1.54, 1.807) is 7.05 Å². The number of aliphatic imine (C=N–C) groups is 1. The summed E-state index contributed by atoms with van der Waals surface area (Å²) in [7, 11) is 1.77. The van der Waals surface area contributed by atoms with E-state index in [0.29, 0.717) is 19.1 Å². The largest absolute Gasteiger partial charge is 0.380 e. The summed E-state index contributed by atoms with van der Waals surface area (Å²) in [5.41, 5.74) is 2.16. The molecule has 0 aliphatic heterocycles. The molecule has 0 atom stereocenters. The van der Waals surface area contributed by atoms with Crippen molar-refractivity contribution in [2.45, 2.75) is 53.5 Å². The zero-order valence-electron chi connectivity index (χ0n) is 15.6. The van der Waals surface area contributed by atoms with Crippen molar-refractivity contribution in [3.8, 4) is 0 Å². The molecular weight excluding hydrogens is 419 g/mol. The Morgan fingerprint density at radius 1 is 1.21 bits per heavy atom. The highest BCUT2D eigenvalue weighted by molar-refractivity contribution is 14.0. The smallest absolute Gasteiger partial charge is 0.191 e. The third-order valence-electron chi connectivity index (χ3n) is 3.64. The summed E-state index contributed by atoms with van der Waals surface area (Å²) in [4.78, 5) is 4.23. The number of ether oxygens (including phenoxy) is 1. The second kappa shape index (κ2) is 13.5. The van der Waals surface area contributed by atoms with Crippen LogP contribution in [0.3, 0.4) is 0 Å². The molecule has 0 aliphatic rings. The Morgan fingerprint density at radius 3 is 2.54 bits per heavy atom. The van der Waals surface area contributed by atoms with Crippen molar-refractivity contribution >= 4 is 29.9 Å². The van der Waals surface area contributed by atoms with E-state index in [-0.39, 0.29) is 24.0 Å². The average molecular weight is 452 g/mol. The van der Waals surface area contributed by atoms with Gasteiger partial charge in [-0.3, -0.25) is 4.99 Å². The van der Waals surface area contributed by atoms with Gasteiger partial charge in [0.1, 0.15) is 5.76 Å². The lowest BCUT2D eigenvalue weighted by molar-refractivity contribution is 0.128. The van der Waals surface area contributed by atoms with Gasteiger partial charge in [0, 0.05) is 38.7 Å². The van der Waals surface area contributed by atoms with Gasteiger partial charge in [0.25, 0.3) is 0 Å². The minimum Gasteiger partial charge on any atom is -0.380 e. The van der Waals surface area contributed by atoms with E-state index in [9.17, 15) is 0 Å². The Morgan fingerprint density at radius 2 is 1.96 bits per heavy atom. The molecule has 6 nitrogen and oxygen atoms in total. The van der Waals surface area contributed by atoms with Crippen LogP contribution < -0.4 is 10.6 Å². The van der Waals surface area contributed by atoms with Gasteiger partial charge >= 0.3 is 0 Å². The third-order valence-corrected chi connectivity index (χ3v) is 3.64. The number of rotatable bonds is 10. The minimum absolute atomic E-state index is 0. The van der Waals surface area contributed by atoms with E-state index in [0.717, 1.165) is 55.4 Å². The van der Waals surface area contributed by atoms with Crippen LogP contribution in [0, 0.1) is 5.92 Å².